The third-order valence-corrected chi connectivity index (χ3v) is 4.01. The minimum Gasteiger partial charge on any atom is -0.212 e. The van der Waals surface area contributed by atoms with Gasteiger partial charge in [-0.05, 0) is 18.9 Å². The van der Waals surface area contributed by atoms with Gasteiger partial charge in [-0.25, -0.2) is 12.4 Å². The number of rotatable bonds is 4. The van der Waals surface area contributed by atoms with E-state index in [2.05, 4.69) is 0 Å². The molecule has 5 heteroatoms. The van der Waals surface area contributed by atoms with Gasteiger partial charge in [0.1, 0.15) is 0 Å². The van der Waals surface area contributed by atoms with Gasteiger partial charge in [0, 0.05) is 10.9 Å². The van der Waals surface area contributed by atoms with Crippen LogP contribution in [0.1, 0.15) is 25.3 Å². The highest BCUT2D eigenvalue weighted by Crippen LogP contribution is 2.27. The molecule has 0 unspecified atom stereocenters. The van der Waals surface area contributed by atoms with Gasteiger partial charge in [-0.1, -0.05) is 31.5 Å². The van der Waals surface area contributed by atoms with E-state index < -0.39 is 16.0 Å². The number of aromatic nitrogens is 1. The van der Waals surface area contributed by atoms with Crippen molar-refractivity contribution < 1.29 is 12.8 Å². The van der Waals surface area contributed by atoms with Crippen LogP contribution >= 0.6 is 0 Å². The molecular formula is C13H16FNO2S. The van der Waals surface area contributed by atoms with Crippen LogP contribution in [0.3, 0.4) is 0 Å². The third-order valence-electron chi connectivity index (χ3n) is 2.99. The van der Waals surface area contributed by atoms with Gasteiger partial charge < -0.3 is 0 Å². The first kappa shape index (κ1) is 13.1. The molecular weight excluding hydrogens is 253 g/mol. The zero-order valence-corrected chi connectivity index (χ0v) is 11.3. The fourth-order valence-electron chi connectivity index (χ4n) is 2.16. The van der Waals surface area contributed by atoms with Crippen LogP contribution in [0.4, 0.5) is 4.39 Å². The van der Waals surface area contributed by atoms with Crippen LogP contribution < -0.4 is 0 Å². The van der Waals surface area contributed by atoms with E-state index in [4.69, 9.17) is 0 Å². The fraction of sp³-hybridized carbons (Fsp3) is 0.385. The Hall–Kier alpha value is -1.36. The summed E-state index contributed by atoms with van der Waals surface area (Å²) in [6, 6.07) is 6.91. The Bertz CT molecular complexity index is 674. The molecule has 0 N–H and O–H groups in total. The normalized spacial score (nSPS) is 12.2. The van der Waals surface area contributed by atoms with Gasteiger partial charge in [0.05, 0.1) is 11.8 Å². The SMILES string of the molecule is CCCCc1c(F)n(S(C)(=O)=O)c2ccccc12. The number of halogens is 1. The Labute approximate surface area is 106 Å². The maximum absolute atomic E-state index is 14.3. The van der Waals surface area contributed by atoms with Crippen molar-refractivity contribution in [3.8, 4) is 0 Å². The first-order valence-corrected chi connectivity index (χ1v) is 7.80. The first-order valence-electron chi connectivity index (χ1n) is 5.95. The van der Waals surface area contributed by atoms with Gasteiger partial charge in [-0.15, -0.1) is 0 Å². The maximum Gasteiger partial charge on any atom is 0.238 e. The summed E-state index contributed by atoms with van der Waals surface area (Å²) < 4.78 is 38.4. The van der Waals surface area contributed by atoms with Gasteiger partial charge in [0.25, 0.3) is 0 Å². The molecule has 1 heterocycles. The number of aryl methyl sites for hydroxylation is 1. The third kappa shape index (κ3) is 2.14. The van der Waals surface area contributed by atoms with Gasteiger partial charge in [0.15, 0.2) is 0 Å². The molecule has 2 rings (SSSR count). The first-order chi connectivity index (χ1) is 8.46. The van der Waals surface area contributed by atoms with Crippen LogP contribution in [0.2, 0.25) is 0 Å². The molecule has 0 aliphatic heterocycles. The van der Waals surface area contributed by atoms with Crippen molar-refractivity contribution in [3.63, 3.8) is 0 Å². The van der Waals surface area contributed by atoms with Crippen molar-refractivity contribution in [2.45, 2.75) is 26.2 Å². The fourth-order valence-corrected chi connectivity index (χ4v) is 3.08. The summed E-state index contributed by atoms with van der Waals surface area (Å²) in [4.78, 5) is 0. The molecule has 1 aromatic heterocycles. The highest BCUT2D eigenvalue weighted by molar-refractivity contribution is 7.89. The molecule has 1 aromatic carbocycles. The standard InChI is InChI=1S/C13H16FNO2S/c1-3-4-7-11-10-8-5-6-9-12(10)15(13(11)14)18(2,16)17/h5-6,8-9H,3-4,7H2,1-2H3. The Morgan fingerprint density at radius 3 is 2.56 bits per heavy atom. The summed E-state index contributed by atoms with van der Waals surface area (Å²) in [5, 5.41) is 0.689. The molecule has 0 radical (unpaired) electrons. The summed E-state index contributed by atoms with van der Waals surface area (Å²) in [6.07, 6.45) is 3.37. The highest BCUT2D eigenvalue weighted by atomic mass is 32.2. The van der Waals surface area contributed by atoms with E-state index in [1.807, 2.05) is 6.92 Å². The van der Waals surface area contributed by atoms with Crippen LogP contribution in [-0.2, 0) is 16.4 Å². The van der Waals surface area contributed by atoms with Crippen molar-refractivity contribution in [1.29, 1.82) is 0 Å². The summed E-state index contributed by atoms with van der Waals surface area (Å²) in [5.74, 6) is -0.646. The highest BCUT2D eigenvalue weighted by Gasteiger charge is 2.21. The number of unbranched alkanes of at least 4 members (excludes halogenated alkanes) is 1. The van der Waals surface area contributed by atoms with Crippen LogP contribution in [0.25, 0.3) is 10.9 Å². The van der Waals surface area contributed by atoms with Crippen molar-refractivity contribution in [3.05, 3.63) is 35.8 Å². The van der Waals surface area contributed by atoms with E-state index in [0.717, 1.165) is 23.1 Å². The average Bonchev–Trinajstić information content (AvgIpc) is 2.58. The van der Waals surface area contributed by atoms with Gasteiger partial charge in [-0.2, -0.15) is 4.39 Å². The molecule has 0 aliphatic carbocycles. The Morgan fingerprint density at radius 1 is 1.28 bits per heavy atom. The summed E-state index contributed by atoms with van der Waals surface area (Å²) in [6.45, 7) is 2.02. The quantitative estimate of drug-likeness (QED) is 0.856. The van der Waals surface area contributed by atoms with Crippen molar-refractivity contribution in [1.82, 2.24) is 3.97 Å². The van der Waals surface area contributed by atoms with Crippen LogP contribution in [0.15, 0.2) is 24.3 Å². The van der Waals surface area contributed by atoms with Crippen molar-refractivity contribution in [2.24, 2.45) is 0 Å². The summed E-state index contributed by atoms with van der Waals surface area (Å²) in [7, 11) is -3.62. The Kier molecular flexibility index (Phi) is 3.43. The number of nitrogens with zero attached hydrogens (tertiary/aromatic N) is 1. The van der Waals surface area contributed by atoms with Gasteiger partial charge in [0.2, 0.25) is 16.0 Å². The Balaban J connectivity index is 2.76. The van der Waals surface area contributed by atoms with Gasteiger partial charge >= 0.3 is 0 Å². The number of hydrogen-bond acceptors (Lipinski definition) is 2. The van der Waals surface area contributed by atoms with E-state index >= 15 is 0 Å². The van der Waals surface area contributed by atoms with E-state index in [-0.39, 0.29) is 0 Å². The van der Waals surface area contributed by atoms with Crippen molar-refractivity contribution >= 4 is 20.9 Å². The molecule has 0 fully saturated rings. The molecule has 0 bridgehead atoms. The molecule has 18 heavy (non-hydrogen) atoms. The molecule has 0 aliphatic rings. The minimum absolute atomic E-state index is 0.420. The molecule has 0 spiro atoms. The number of benzene rings is 1. The Morgan fingerprint density at radius 2 is 1.94 bits per heavy atom. The zero-order valence-electron chi connectivity index (χ0n) is 10.5. The molecule has 0 saturated heterocycles. The zero-order chi connectivity index (χ0) is 13.3. The second-order valence-corrected chi connectivity index (χ2v) is 6.25. The lowest BCUT2D eigenvalue weighted by atomic mass is 10.1. The van der Waals surface area contributed by atoms with E-state index in [1.165, 1.54) is 0 Å². The van der Waals surface area contributed by atoms with E-state index in [9.17, 15) is 12.8 Å². The monoisotopic (exact) mass is 269 g/mol. The molecule has 0 atom stereocenters. The second kappa shape index (κ2) is 4.72. The number of hydrogen-bond donors (Lipinski definition) is 0. The van der Waals surface area contributed by atoms with Crippen LogP contribution in [0.5, 0.6) is 0 Å². The smallest absolute Gasteiger partial charge is 0.212 e. The lowest BCUT2D eigenvalue weighted by Gasteiger charge is -2.02. The van der Waals surface area contributed by atoms with Crippen LogP contribution in [-0.4, -0.2) is 18.6 Å². The predicted octanol–water partition coefficient (Wildman–Crippen LogP) is 2.93. The number of para-hydroxylation sites is 1. The topological polar surface area (TPSA) is 39.1 Å². The van der Waals surface area contributed by atoms with Crippen LogP contribution in [0, 0.1) is 5.95 Å². The maximum atomic E-state index is 14.3. The average molecular weight is 269 g/mol. The lowest BCUT2D eigenvalue weighted by Crippen LogP contribution is -2.12. The number of fused-ring (bicyclic) bond motifs is 1. The molecule has 0 amide bonds. The molecule has 98 valence electrons. The van der Waals surface area contributed by atoms with E-state index in [1.54, 1.807) is 24.3 Å². The molecule has 3 nitrogen and oxygen atoms in total. The predicted molar refractivity (Wildman–Crippen MR) is 70.7 cm³/mol. The molecule has 2 aromatic rings. The van der Waals surface area contributed by atoms with E-state index in [0.29, 0.717) is 22.9 Å². The largest absolute Gasteiger partial charge is 0.238 e. The lowest BCUT2D eigenvalue weighted by molar-refractivity contribution is 0.538. The minimum atomic E-state index is -3.62. The second-order valence-electron chi connectivity index (χ2n) is 4.42. The summed E-state index contributed by atoms with van der Waals surface area (Å²) in [5.41, 5.74) is 0.918. The van der Waals surface area contributed by atoms with Gasteiger partial charge in [-0.3, -0.25) is 0 Å². The molecule has 0 saturated carbocycles. The van der Waals surface area contributed by atoms with Crippen molar-refractivity contribution in [2.75, 3.05) is 6.26 Å². The summed E-state index contributed by atoms with van der Waals surface area (Å²) >= 11 is 0.